The largest absolute Gasteiger partial charge is 0.456 e. The number of carbonyl (C=O) groups excluding carboxylic acids is 3. The van der Waals surface area contributed by atoms with Gasteiger partial charge in [-0.25, -0.2) is 4.79 Å². The first-order chi connectivity index (χ1) is 14.4. The Bertz CT molecular complexity index is 917. The van der Waals surface area contributed by atoms with Crippen LogP contribution in [0.5, 0.6) is 0 Å². The summed E-state index contributed by atoms with van der Waals surface area (Å²) in [6.07, 6.45) is 2.67. The number of hydrogen-bond donors (Lipinski definition) is 3. The number of benzene rings is 2. The maximum atomic E-state index is 12.3. The molecule has 2 unspecified atom stereocenters. The molecule has 0 heterocycles. The van der Waals surface area contributed by atoms with E-state index in [-0.39, 0.29) is 25.0 Å². The van der Waals surface area contributed by atoms with Gasteiger partial charge in [0.1, 0.15) is 0 Å². The maximum Gasteiger partial charge on any atom is 0.312 e. The van der Waals surface area contributed by atoms with Gasteiger partial charge in [-0.05, 0) is 48.1 Å². The number of primary amides is 1. The Kier molecular flexibility index (Phi) is 7.30. The summed E-state index contributed by atoms with van der Waals surface area (Å²) >= 11 is 5.88. The molecule has 7 nitrogen and oxygen atoms in total. The molecule has 30 heavy (non-hydrogen) atoms. The summed E-state index contributed by atoms with van der Waals surface area (Å²) in [5, 5.41) is 5.97. The Balaban J connectivity index is 1.53. The predicted octanol–water partition coefficient (Wildman–Crippen LogP) is 3.18. The zero-order valence-electron chi connectivity index (χ0n) is 16.4. The Hall–Kier alpha value is -3.06. The second-order valence-corrected chi connectivity index (χ2v) is 7.63. The molecule has 1 aliphatic carbocycles. The lowest BCUT2D eigenvalue weighted by atomic mass is 9.88. The molecule has 0 bridgehead atoms. The van der Waals surface area contributed by atoms with Gasteiger partial charge in [0.2, 0.25) is 0 Å². The number of halogens is 1. The minimum Gasteiger partial charge on any atom is -0.456 e. The van der Waals surface area contributed by atoms with E-state index in [9.17, 15) is 14.4 Å². The highest BCUT2D eigenvalue weighted by Crippen LogP contribution is 2.29. The second kappa shape index (κ2) is 10.1. The van der Waals surface area contributed by atoms with Crippen molar-refractivity contribution in [2.45, 2.75) is 37.8 Å². The van der Waals surface area contributed by atoms with E-state index < -0.39 is 18.0 Å². The van der Waals surface area contributed by atoms with Gasteiger partial charge in [-0.2, -0.15) is 0 Å². The highest BCUT2D eigenvalue weighted by molar-refractivity contribution is 6.30. The first-order valence-electron chi connectivity index (χ1n) is 9.76. The number of esters is 1. The van der Waals surface area contributed by atoms with Crippen LogP contribution in [0.4, 0.5) is 4.79 Å². The number of carbonyl (C=O) groups is 3. The van der Waals surface area contributed by atoms with Crippen molar-refractivity contribution in [2.24, 2.45) is 5.73 Å². The third-order valence-electron chi connectivity index (χ3n) is 5.03. The van der Waals surface area contributed by atoms with Crippen LogP contribution < -0.4 is 16.4 Å². The molecule has 0 aromatic heterocycles. The number of hydrogen-bond acceptors (Lipinski definition) is 4. The van der Waals surface area contributed by atoms with Crippen molar-refractivity contribution in [3.8, 4) is 0 Å². The topological polar surface area (TPSA) is 111 Å². The molecule has 0 saturated heterocycles. The van der Waals surface area contributed by atoms with Crippen molar-refractivity contribution < 1.29 is 19.1 Å². The molecule has 2 aromatic rings. The first-order valence-corrected chi connectivity index (χ1v) is 10.1. The van der Waals surface area contributed by atoms with E-state index in [4.69, 9.17) is 22.1 Å². The Morgan fingerprint density at radius 3 is 2.60 bits per heavy atom. The molecule has 2 atom stereocenters. The minimum absolute atomic E-state index is 0.0838. The fraction of sp³-hybridized carbons (Fsp3) is 0.318. The fourth-order valence-corrected chi connectivity index (χ4v) is 3.76. The van der Waals surface area contributed by atoms with E-state index in [1.807, 2.05) is 18.2 Å². The first kappa shape index (κ1) is 21.6. The van der Waals surface area contributed by atoms with Crippen LogP contribution in [-0.2, 0) is 20.7 Å². The van der Waals surface area contributed by atoms with Gasteiger partial charge in [-0.1, -0.05) is 48.0 Å². The van der Waals surface area contributed by atoms with E-state index in [2.05, 4.69) is 16.7 Å². The number of rotatable bonds is 7. The van der Waals surface area contributed by atoms with Crippen LogP contribution in [0.15, 0.2) is 48.5 Å². The molecule has 158 valence electrons. The number of ether oxygens (including phenoxy) is 1. The van der Waals surface area contributed by atoms with Crippen molar-refractivity contribution >= 4 is 29.5 Å². The third-order valence-corrected chi connectivity index (χ3v) is 5.28. The summed E-state index contributed by atoms with van der Waals surface area (Å²) in [7, 11) is 0. The minimum atomic E-state index is -0.767. The summed E-state index contributed by atoms with van der Waals surface area (Å²) in [5.74, 6) is -0.987. The average Bonchev–Trinajstić information content (AvgIpc) is 2.72. The van der Waals surface area contributed by atoms with Crippen LogP contribution in [0.25, 0.3) is 0 Å². The van der Waals surface area contributed by atoms with E-state index in [1.54, 1.807) is 24.3 Å². The van der Waals surface area contributed by atoms with Gasteiger partial charge in [0.05, 0.1) is 18.5 Å². The Morgan fingerprint density at radius 2 is 1.87 bits per heavy atom. The second-order valence-electron chi connectivity index (χ2n) is 7.19. The van der Waals surface area contributed by atoms with Crippen molar-refractivity contribution in [3.63, 3.8) is 0 Å². The summed E-state index contributed by atoms with van der Waals surface area (Å²) in [4.78, 5) is 35.8. The van der Waals surface area contributed by atoms with E-state index in [1.165, 1.54) is 5.56 Å². The summed E-state index contributed by atoms with van der Waals surface area (Å²) < 4.78 is 5.12. The summed E-state index contributed by atoms with van der Waals surface area (Å²) in [6.45, 7) is -0.387. The molecular formula is C22H24ClN3O4. The molecule has 3 rings (SSSR count). The zero-order valence-corrected chi connectivity index (χ0v) is 17.2. The van der Waals surface area contributed by atoms with Crippen molar-refractivity contribution in [1.29, 1.82) is 0 Å². The molecule has 0 aliphatic heterocycles. The van der Waals surface area contributed by atoms with Gasteiger partial charge < -0.3 is 21.1 Å². The van der Waals surface area contributed by atoms with Crippen LogP contribution in [-0.4, -0.2) is 24.5 Å². The molecule has 8 heteroatoms. The Morgan fingerprint density at radius 1 is 1.13 bits per heavy atom. The monoisotopic (exact) mass is 429 g/mol. The van der Waals surface area contributed by atoms with Crippen molar-refractivity contribution in [1.82, 2.24) is 10.6 Å². The van der Waals surface area contributed by atoms with Crippen molar-refractivity contribution in [2.75, 3.05) is 6.61 Å². The molecule has 0 fully saturated rings. The lowest BCUT2D eigenvalue weighted by molar-refractivity contribution is -0.149. The molecule has 3 amide bonds. The maximum absolute atomic E-state index is 12.3. The smallest absolute Gasteiger partial charge is 0.312 e. The van der Waals surface area contributed by atoms with Crippen molar-refractivity contribution in [3.05, 3.63) is 70.2 Å². The normalized spacial score (nSPS) is 16.1. The molecule has 2 aromatic carbocycles. The highest BCUT2D eigenvalue weighted by Gasteiger charge is 2.23. The Labute approximate surface area is 179 Å². The van der Waals surface area contributed by atoms with E-state index in [0.29, 0.717) is 10.6 Å². The van der Waals surface area contributed by atoms with Crippen LogP contribution in [0.1, 0.15) is 48.0 Å². The number of urea groups is 1. The molecular weight excluding hydrogens is 406 g/mol. The lowest BCUT2D eigenvalue weighted by Gasteiger charge is -2.26. The molecule has 0 spiro atoms. The number of amides is 3. The summed E-state index contributed by atoms with van der Waals surface area (Å²) in [5.41, 5.74) is 8.20. The van der Waals surface area contributed by atoms with Crippen LogP contribution >= 0.6 is 11.6 Å². The number of nitrogens with two attached hydrogens (primary N) is 1. The highest BCUT2D eigenvalue weighted by atomic mass is 35.5. The molecule has 1 aliphatic rings. The SMILES string of the molecule is NC(=O)NC(CC(=O)OCC(=O)NC1CCCc2ccccc21)c1ccc(Cl)cc1. The van der Waals surface area contributed by atoms with Crippen LogP contribution in [0.3, 0.4) is 0 Å². The zero-order chi connectivity index (χ0) is 21.5. The van der Waals surface area contributed by atoms with Crippen LogP contribution in [0, 0.1) is 0 Å². The molecule has 0 radical (unpaired) electrons. The lowest BCUT2D eigenvalue weighted by Crippen LogP contribution is -2.36. The summed E-state index contributed by atoms with van der Waals surface area (Å²) in [6, 6.07) is 13.1. The molecule has 0 saturated carbocycles. The number of nitrogens with one attached hydrogen (secondary N) is 2. The van der Waals surface area contributed by atoms with Gasteiger partial charge in [0, 0.05) is 5.02 Å². The fourth-order valence-electron chi connectivity index (χ4n) is 3.63. The number of aryl methyl sites for hydroxylation is 1. The van der Waals surface area contributed by atoms with Gasteiger partial charge in [-0.3, -0.25) is 9.59 Å². The quantitative estimate of drug-likeness (QED) is 0.587. The van der Waals surface area contributed by atoms with Gasteiger partial charge in [-0.15, -0.1) is 0 Å². The van der Waals surface area contributed by atoms with E-state index in [0.717, 1.165) is 24.8 Å². The van der Waals surface area contributed by atoms with Gasteiger partial charge in [0.15, 0.2) is 6.61 Å². The standard InChI is InChI=1S/C22H24ClN3O4/c23-16-10-8-15(9-11-16)19(26-22(24)29)12-21(28)30-13-20(27)25-18-7-3-5-14-4-1-2-6-17(14)18/h1-2,4,6,8-11,18-19H,3,5,7,12-13H2,(H,25,27)(H3,24,26,29). The third kappa shape index (κ3) is 5.97. The predicted molar refractivity (Wildman–Crippen MR) is 113 cm³/mol. The van der Waals surface area contributed by atoms with Gasteiger partial charge in [0.25, 0.3) is 5.91 Å². The molecule has 4 N–H and O–H groups in total. The van der Waals surface area contributed by atoms with Gasteiger partial charge >= 0.3 is 12.0 Å². The van der Waals surface area contributed by atoms with E-state index >= 15 is 0 Å². The number of fused-ring (bicyclic) bond motifs is 1. The average molecular weight is 430 g/mol. The van der Waals surface area contributed by atoms with Crippen LogP contribution in [0.2, 0.25) is 5.02 Å².